The van der Waals surface area contributed by atoms with E-state index in [1.54, 1.807) is 57.2 Å². The smallest absolute Gasteiger partial charge is 0.343 e. The molecule has 1 atom stereocenters. The number of ether oxygens (including phenoxy) is 5. The third-order valence-electron chi connectivity index (χ3n) is 7.29. The van der Waals surface area contributed by atoms with E-state index < -0.39 is 23.5 Å². The van der Waals surface area contributed by atoms with Gasteiger partial charge in [0.15, 0.2) is 28.7 Å². The summed E-state index contributed by atoms with van der Waals surface area (Å²) in [6.45, 7) is 5.54. The molecule has 1 aliphatic heterocycles. The van der Waals surface area contributed by atoms with Gasteiger partial charge in [0.25, 0.3) is 5.56 Å². The number of nitrogens with zero attached hydrogens (tertiary/aromatic N) is 2. The molecule has 0 amide bonds. The second-order valence-corrected chi connectivity index (χ2v) is 13.3. The number of halogens is 3. The zero-order chi connectivity index (χ0) is 35.2. The summed E-state index contributed by atoms with van der Waals surface area (Å²) in [6.07, 6.45) is 1.66. The quantitative estimate of drug-likeness (QED) is 0.152. The summed E-state index contributed by atoms with van der Waals surface area (Å²) in [5.41, 5.74) is 2.25. The van der Waals surface area contributed by atoms with Crippen molar-refractivity contribution in [3.8, 4) is 17.2 Å². The lowest BCUT2D eigenvalue weighted by Crippen LogP contribution is -2.40. The Balaban J connectivity index is 1.56. The summed E-state index contributed by atoms with van der Waals surface area (Å²) in [7, 11) is 1.26. The summed E-state index contributed by atoms with van der Waals surface area (Å²) in [6, 6.07) is 15.1. The maximum atomic E-state index is 14.1. The molecule has 2 heterocycles. The minimum absolute atomic E-state index is 0.127. The summed E-state index contributed by atoms with van der Waals surface area (Å²) in [5, 5.41) is 0.555. The lowest BCUT2D eigenvalue weighted by molar-refractivity contribution is -0.143. The van der Waals surface area contributed by atoms with E-state index in [9.17, 15) is 14.4 Å². The maximum Gasteiger partial charge on any atom is 0.343 e. The van der Waals surface area contributed by atoms with Gasteiger partial charge in [-0.25, -0.2) is 14.6 Å². The SMILES string of the molecule is CCOC(=O)C1=C(C)N=c2s/c(=C\c3cc(Cl)c(OCc4ccc(Br)cc4)c(Cl)c3)c(=O)n2[C@H]1c1ccc(OCC(=O)OC)c(OCC)c1. The van der Waals surface area contributed by atoms with Crippen LogP contribution in [0.4, 0.5) is 0 Å². The van der Waals surface area contributed by atoms with Gasteiger partial charge >= 0.3 is 11.9 Å². The van der Waals surface area contributed by atoms with E-state index in [4.69, 9.17) is 42.1 Å². The van der Waals surface area contributed by atoms with Crippen LogP contribution in [0.15, 0.2) is 80.1 Å². The van der Waals surface area contributed by atoms with Crippen LogP contribution in [0.1, 0.15) is 43.5 Å². The van der Waals surface area contributed by atoms with Gasteiger partial charge in [0.1, 0.15) is 6.61 Å². The molecule has 256 valence electrons. The molecule has 0 unspecified atom stereocenters. The monoisotopic (exact) mass is 788 g/mol. The molecule has 0 saturated heterocycles. The number of rotatable bonds is 12. The van der Waals surface area contributed by atoms with Crippen LogP contribution in [0.3, 0.4) is 0 Å². The number of methoxy groups -OCH3 is 1. The van der Waals surface area contributed by atoms with Crippen molar-refractivity contribution in [3.05, 3.63) is 117 Å². The third-order valence-corrected chi connectivity index (χ3v) is 9.36. The summed E-state index contributed by atoms with van der Waals surface area (Å²) < 4.78 is 30.2. The number of carbonyl (C=O) groups excluding carboxylic acids is 2. The van der Waals surface area contributed by atoms with Gasteiger partial charge in [0.05, 0.1) is 52.2 Å². The van der Waals surface area contributed by atoms with Crippen molar-refractivity contribution in [3.63, 3.8) is 0 Å². The van der Waals surface area contributed by atoms with E-state index in [1.807, 2.05) is 24.3 Å². The molecule has 1 aliphatic rings. The van der Waals surface area contributed by atoms with Crippen LogP contribution >= 0.6 is 50.5 Å². The lowest BCUT2D eigenvalue weighted by atomic mass is 9.95. The van der Waals surface area contributed by atoms with E-state index in [0.29, 0.717) is 50.0 Å². The molecular formula is C35H31BrCl2N2O8S. The lowest BCUT2D eigenvalue weighted by Gasteiger charge is -2.25. The zero-order valence-corrected chi connectivity index (χ0v) is 30.8. The van der Waals surface area contributed by atoms with Crippen molar-refractivity contribution in [2.24, 2.45) is 4.99 Å². The first-order valence-corrected chi connectivity index (χ1v) is 17.4. The normalized spacial score (nSPS) is 14.2. The van der Waals surface area contributed by atoms with Gasteiger partial charge in [-0.1, -0.05) is 68.7 Å². The molecule has 14 heteroatoms. The highest BCUT2D eigenvalue weighted by molar-refractivity contribution is 9.10. The molecule has 1 aromatic heterocycles. The number of hydrogen-bond acceptors (Lipinski definition) is 10. The van der Waals surface area contributed by atoms with Crippen LogP contribution in [0.2, 0.25) is 10.0 Å². The van der Waals surface area contributed by atoms with Crippen LogP contribution in [-0.2, 0) is 25.7 Å². The highest BCUT2D eigenvalue weighted by atomic mass is 79.9. The largest absolute Gasteiger partial charge is 0.490 e. The Morgan fingerprint density at radius 1 is 0.980 bits per heavy atom. The first-order valence-electron chi connectivity index (χ1n) is 15.1. The summed E-state index contributed by atoms with van der Waals surface area (Å²) >= 11 is 17.8. The van der Waals surface area contributed by atoms with E-state index in [1.165, 1.54) is 11.7 Å². The maximum absolute atomic E-state index is 14.1. The van der Waals surface area contributed by atoms with Gasteiger partial charge in [-0.05, 0) is 79.9 Å². The minimum atomic E-state index is -0.909. The number of thiazole rings is 1. The topological polar surface area (TPSA) is 115 Å². The van der Waals surface area contributed by atoms with Gasteiger partial charge in [-0.2, -0.15) is 0 Å². The Labute approximate surface area is 304 Å². The molecule has 0 bridgehead atoms. The molecule has 0 fully saturated rings. The minimum Gasteiger partial charge on any atom is -0.490 e. The van der Waals surface area contributed by atoms with E-state index >= 15 is 0 Å². The fraction of sp³-hybridized carbons (Fsp3) is 0.257. The van der Waals surface area contributed by atoms with Gasteiger partial charge in [-0.15, -0.1) is 0 Å². The Morgan fingerprint density at radius 2 is 1.69 bits per heavy atom. The number of allylic oxidation sites excluding steroid dienone is 1. The van der Waals surface area contributed by atoms with Crippen molar-refractivity contribution in [1.29, 1.82) is 0 Å². The molecule has 0 N–H and O–H groups in total. The molecule has 0 aliphatic carbocycles. The van der Waals surface area contributed by atoms with E-state index in [2.05, 4.69) is 25.7 Å². The van der Waals surface area contributed by atoms with Crippen molar-refractivity contribution < 1.29 is 33.3 Å². The second kappa shape index (κ2) is 16.1. The standard InChI is InChI=1S/C35H31BrCl2N2O8S/c1-5-45-27-16-22(9-12-26(27)47-18-29(41)44-4)31-30(34(43)46-6-2)19(3)39-35-40(31)33(42)28(49-35)15-21-13-24(37)32(25(38)14-21)48-17-20-7-10-23(36)11-8-20/h7-16,31H,5-6,17-18H2,1-4H3/b28-15-/t31-/m0/s1. The van der Waals surface area contributed by atoms with Crippen molar-refractivity contribution in [1.82, 2.24) is 4.57 Å². The Morgan fingerprint density at radius 3 is 2.35 bits per heavy atom. The fourth-order valence-electron chi connectivity index (χ4n) is 5.07. The predicted octanol–water partition coefficient (Wildman–Crippen LogP) is 6.40. The summed E-state index contributed by atoms with van der Waals surface area (Å²) in [5.74, 6) is -0.240. The molecule has 0 spiro atoms. The number of hydrogen-bond donors (Lipinski definition) is 0. The van der Waals surface area contributed by atoms with Crippen LogP contribution in [0.25, 0.3) is 6.08 Å². The molecule has 4 aromatic rings. The average molecular weight is 791 g/mol. The van der Waals surface area contributed by atoms with Crippen LogP contribution in [0.5, 0.6) is 17.2 Å². The number of aromatic nitrogens is 1. The van der Waals surface area contributed by atoms with Crippen molar-refractivity contribution >= 4 is 68.5 Å². The van der Waals surface area contributed by atoms with Crippen LogP contribution in [-0.4, -0.2) is 43.4 Å². The predicted molar refractivity (Wildman–Crippen MR) is 190 cm³/mol. The highest BCUT2D eigenvalue weighted by Gasteiger charge is 2.34. The van der Waals surface area contributed by atoms with Gasteiger partial charge in [0, 0.05) is 4.47 Å². The van der Waals surface area contributed by atoms with Crippen molar-refractivity contribution in [2.75, 3.05) is 26.9 Å². The number of fused-ring (bicyclic) bond motifs is 1. The molecule has 10 nitrogen and oxygen atoms in total. The average Bonchev–Trinajstić information content (AvgIpc) is 3.37. The molecule has 0 radical (unpaired) electrons. The van der Waals surface area contributed by atoms with E-state index in [0.717, 1.165) is 21.4 Å². The fourth-order valence-corrected chi connectivity index (χ4v) is 7.00. The number of benzene rings is 3. The molecule has 3 aromatic carbocycles. The first-order chi connectivity index (χ1) is 23.5. The van der Waals surface area contributed by atoms with Gasteiger partial charge in [-0.3, -0.25) is 9.36 Å². The Bertz CT molecular complexity index is 2090. The highest BCUT2D eigenvalue weighted by Crippen LogP contribution is 2.37. The van der Waals surface area contributed by atoms with Crippen LogP contribution < -0.4 is 29.1 Å². The molecule has 5 rings (SSSR count). The zero-order valence-electron chi connectivity index (χ0n) is 26.9. The van der Waals surface area contributed by atoms with E-state index in [-0.39, 0.29) is 35.4 Å². The van der Waals surface area contributed by atoms with Gasteiger partial charge in [0.2, 0.25) is 0 Å². The molecular weight excluding hydrogens is 759 g/mol. The molecule has 49 heavy (non-hydrogen) atoms. The Kier molecular flexibility index (Phi) is 11.9. The van der Waals surface area contributed by atoms with Crippen LogP contribution in [0, 0.1) is 0 Å². The van der Waals surface area contributed by atoms with Crippen molar-refractivity contribution in [2.45, 2.75) is 33.4 Å². The third kappa shape index (κ3) is 8.21. The number of esters is 2. The summed E-state index contributed by atoms with van der Waals surface area (Å²) in [4.78, 5) is 44.2. The Hall–Kier alpha value is -4.10. The second-order valence-electron chi connectivity index (χ2n) is 10.5. The van der Waals surface area contributed by atoms with Gasteiger partial charge < -0.3 is 23.7 Å². The number of carbonyl (C=O) groups is 2. The molecule has 0 saturated carbocycles. The first kappa shape index (κ1) is 36.2.